The first-order chi connectivity index (χ1) is 17.4. The molecule has 0 saturated carbocycles. The van der Waals surface area contributed by atoms with E-state index in [1.165, 1.54) is 47.4 Å². The maximum atomic E-state index is 12.4. The minimum atomic E-state index is -0.519. The lowest BCUT2D eigenvalue weighted by atomic mass is 10.1. The number of carbonyl (C=O) groups excluding carboxylic acids is 2. The topological polar surface area (TPSA) is 123 Å². The van der Waals surface area contributed by atoms with E-state index in [-0.39, 0.29) is 23.3 Å². The molecule has 4 rings (SSSR count). The third kappa shape index (κ3) is 6.26. The highest BCUT2D eigenvalue weighted by atomic mass is 32.2. The summed E-state index contributed by atoms with van der Waals surface area (Å²) in [6.45, 7) is 0. The van der Waals surface area contributed by atoms with E-state index in [1.54, 1.807) is 31.4 Å². The summed E-state index contributed by atoms with van der Waals surface area (Å²) in [6, 6.07) is 20.0. The van der Waals surface area contributed by atoms with Crippen LogP contribution in [0.5, 0.6) is 5.75 Å². The van der Waals surface area contributed by atoms with Gasteiger partial charge in [0, 0.05) is 39.2 Å². The molecule has 3 aromatic carbocycles. The fraction of sp³-hybridized carbons (Fsp3) is 0.0800. The quantitative estimate of drug-likeness (QED) is 0.165. The van der Waals surface area contributed by atoms with E-state index in [0.29, 0.717) is 22.1 Å². The molecule has 0 fully saturated rings. The number of carbonyl (C=O) groups is 2. The largest absolute Gasteiger partial charge is 0.496 e. The first-order valence-corrected chi connectivity index (χ1v) is 12.5. The predicted octanol–water partition coefficient (Wildman–Crippen LogP) is 5.71. The van der Waals surface area contributed by atoms with Crippen molar-refractivity contribution in [3.05, 3.63) is 93.9 Å². The Hall–Kier alpha value is -4.22. The van der Waals surface area contributed by atoms with Gasteiger partial charge in [-0.1, -0.05) is 12.1 Å². The van der Waals surface area contributed by atoms with Gasteiger partial charge in [0.25, 0.3) is 11.6 Å². The van der Waals surface area contributed by atoms with Gasteiger partial charge in [-0.3, -0.25) is 19.7 Å². The highest BCUT2D eigenvalue weighted by Gasteiger charge is 2.12. The minimum Gasteiger partial charge on any atom is -0.496 e. The molecule has 1 aromatic heterocycles. The van der Waals surface area contributed by atoms with Gasteiger partial charge in [0.15, 0.2) is 5.13 Å². The zero-order valence-electron chi connectivity index (χ0n) is 19.0. The molecule has 9 nitrogen and oxygen atoms in total. The Kier molecular flexibility index (Phi) is 7.93. The molecule has 2 amide bonds. The number of ether oxygens (including phenoxy) is 1. The van der Waals surface area contributed by atoms with Gasteiger partial charge in [-0.2, -0.15) is 0 Å². The first kappa shape index (κ1) is 24.9. The highest BCUT2D eigenvalue weighted by molar-refractivity contribution is 8.00. The van der Waals surface area contributed by atoms with Crippen molar-refractivity contribution in [2.45, 2.75) is 4.90 Å². The number of amides is 2. The molecule has 0 bridgehead atoms. The van der Waals surface area contributed by atoms with Crippen LogP contribution in [0.25, 0.3) is 11.3 Å². The van der Waals surface area contributed by atoms with Crippen molar-refractivity contribution in [1.82, 2.24) is 4.98 Å². The number of aromatic nitrogens is 1. The highest BCUT2D eigenvalue weighted by Crippen LogP contribution is 2.32. The molecule has 0 spiro atoms. The summed E-state index contributed by atoms with van der Waals surface area (Å²) < 4.78 is 5.37. The number of hydrogen-bond acceptors (Lipinski definition) is 8. The molecule has 0 radical (unpaired) electrons. The number of thiazole rings is 1. The zero-order valence-corrected chi connectivity index (χ0v) is 20.6. The van der Waals surface area contributed by atoms with Crippen molar-refractivity contribution in [2.24, 2.45) is 0 Å². The average molecular weight is 521 g/mol. The summed E-state index contributed by atoms with van der Waals surface area (Å²) in [7, 11) is 1.60. The number of para-hydroxylation sites is 1. The number of nitro groups is 1. The van der Waals surface area contributed by atoms with E-state index in [9.17, 15) is 19.7 Å². The van der Waals surface area contributed by atoms with Crippen molar-refractivity contribution in [1.29, 1.82) is 0 Å². The average Bonchev–Trinajstić information content (AvgIpc) is 3.36. The number of thioether (sulfide) groups is 1. The molecule has 0 aliphatic heterocycles. The van der Waals surface area contributed by atoms with Crippen molar-refractivity contribution >= 4 is 51.4 Å². The van der Waals surface area contributed by atoms with Crippen LogP contribution in [0, 0.1) is 10.1 Å². The Bertz CT molecular complexity index is 1390. The van der Waals surface area contributed by atoms with Crippen LogP contribution in [0.3, 0.4) is 0 Å². The Labute approximate surface area is 214 Å². The van der Waals surface area contributed by atoms with Gasteiger partial charge in [0.2, 0.25) is 5.91 Å². The van der Waals surface area contributed by atoms with E-state index in [1.807, 2.05) is 29.6 Å². The molecule has 182 valence electrons. The molecule has 0 aliphatic rings. The van der Waals surface area contributed by atoms with E-state index >= 15 is 0 Å². The fourth-order valence-electron chi connectivity index (χ4n) is 3.19. The van der Waals surface area contributed by atoms with Crippen LogP contribution in [-0.2, 0) is 4.79 Å². The van der Waals surface area contributed by atoms with Crippen molar-refractivity contribution in [2.75, 3.05) is 23.5 Å². The van der Waals surface area contributed by atoms with Crippen LogP contribution in [0.15, 0.2) is 83.1 Å². The summed E-state index contributed by atoms with van der Waals surface area (Å²) in [5.74, 6) is 0.346. The van der Waals surface area contributed by atoms with E-state index < -0.39 is 4.92 Å². The minimum absolute atomic E-state index is 0.0799. The standard InChI is InChI=1S/C25H20N4O5S2/c1-34-22-5-3-2-4-20(22)21-14-36-25(27-21)28-23(30)15-35-19-12-8-17(9-13-19)26-24(31)16-6-10-18(11-7-16)29(32)33/h2-14H,15H2,1H3,(H,26,31)(H,27,28,30). The summed E-state index contributed by atoms with van der Waals surface area (Å²) in [5.41, 5.74) is 2.38. The van der Waals surface area contributed by atoms with Crippen molar-refractivity contribution in [3.8, 4) is 17.0 Å². The Morgan fingerprint density at radius 2 is 1.75 bits per heavy atom. The van der Waals surface area contributed by atoms with Gasteiger partial charge in [-0.15, -0.1) is 23.1 Å². The normalized spacial score (nSPS) is 10.5. The fourth-order valence-corrected chi connectivity index (χ4v) is 4.61. The Morgan fingerprint density at radius 3 is 2.44 bits per heavy atom. The summed E-state index contributed by atoms with van der Waals surface area (Å²) in [5, 5.41) is 18.7. The van der Waals surface area contributed by atoms with E-state index in [2.05, 4.69) is 15.6 Å². The molecular weight excluding hydrogens is 500 g/mol. The Morgan fingerprint density at radius 1 is 1.03 bits per heavy atom. The predicted molar refractivity (Wildman–Crippen MR) is 141 cm³/mol. The lowest BCUT2D eigenvalue weighted by Crippen LogP contribution is -2.13. The number of nitro benzene ring substituents is 1. The second kappa shape index (κ2) is 11.5. The molecular formula is C25H20N4O5S2. The lowest BCUT2D eigenvalue weighted by molar-refractivity contribution is -0.384. The molecule has 0 atom stereocenters. The maximum Gasteiger partial charge on any atom is 0.269 e. The molecule has 0 aliphatic carbocycles. The molecule has 4 aromatic rings. The van der Waals surface area contributed by atoms with E-state index in [4.69, 9.17) is 4.74 Å². The van der Waals surface area contributed by atoms with Crippen LogP contribution in [-0.4, -0.2) is 34.6 Å². The van der Waals surface area contributed by atoms with Gasteiger partial charge in [-0.25, -0.2) is 4.98 Å². The second-order valence-corrected chi connectivity index (χ2v) is 9.26. The SMILES string of the molecule is COc1ccccc1-c1csc(NC(=O)CSc2ccc(NC(=O)c3ccc([N+](=O)[O-])cc3)cc2)n1. The molecule has 11 heteroatoms. The summed E-state index contributed by atoms with van der Waals surface area (Å²) in [4.78, 5) is 40.3. The number of hydrogen-bond donors (Lipinski definition) is 2. The molecule has 2 N–H and O–H groups in total. The second-order valence-electron chi connectivity index (χ2n) is 7.36. The molecule has 36 heavy (non-hydrogen) atoms. The van der Waals surface area contributed by atoms with Gasteiger partial charge >= 0.3 is 0 Å². The third-order valence-electron chi connectivity index (χ3n) is 4.96. The van der Waals surface area contributed by atoms with Crippen LogP contribution in [0.4, 0.5) is 16.5 Å². The van der Waals surface area contributed by atoms with Gasteiger partial charge in [0.05, 0.1) is 23.5 Å². The van der Waals surface area contributed by atoms with E-state index in [0.717, 1.165) is 16.2 Å². The number of benzene rings is 3. The first-order valence-electron chi connectivity index (χ1n) is 10.6. The van der Waals surface area contributed by atoms with Crippen LogP contribution in [0.1, 0.15) is 10.4 Å². The zero-order chi connectivity index (χ0) is 25.5. The van der Waals surface area contributed by atoms with Crippen molar-refractivity contribution in [3.63, 3.8) is 0 Å². The number of rotatable bonds is 9. The van der Waals surface area contributed by atoms with Crippen LogP contribution >= 0.6 is 23.1 Å². The number of anilines is 2. The number of non-ortho nitro benzene ring substituents is 1. The number of nitrogens with zero attached hydrogens (tertiary/aromatic N) is 2. The summed E-state index contributed by atoms with van der Waals surface area (Å²) >= 11 is 2.69. The monoisotopic (exact) mass is 520 g/mol. The smallest absolute Gasteiger partial charge is 0.269 e. The van der Waals surface area contributed by atoms with Crippen LogP contribution in [0.2, 0.25) is 0 Å². The molecule has 1 heterocycles. The lowest BCUT2D eigenvalue weighted by Gasteiger charge is -2.07. The Balaban J connectivity index is 1.28. The van der Waals surface area contributed by atoms with Gasteiger partial charge in [0.1, 0.15) is 5.75 Å². The number of methoxy groups -OCH3 is 1. The third-order valence-corrected chi connectivity index (χ3v) is 6.73. The summed E-state index contributed by atoms with van der Waals surface area (Å²) in [6.07, 6.45) is 0. The van der Waals surface area contributed by atoms with Gasteiger partial charge in [-0.05, 0) is 48.5 Å². The van der Waals surface area contributed by atoms with Crippen LogP contribution < -0.4 is 15.4 Å². The number of nitrogens with one attached hydrogen (secondary N) is 2. The van der Waals surface area contributed by atoms with Gasteiger partial charge < -0.3 is 15.4 Å². The molecule has 0 unspecified atom stereocenters. The maximum absolute atomic E-state index is 12.4. The van der Waals surface area contributed by atoms with Crippen molar-refractivity contribution < 1.29 is 19.2 Å². The molecule has 0 saturated heterocycles.